The molecule has 21 heavy (non-hydrogen) atoms. The van der Waals surface area contributed by atoms with E-state index in [-0.39, 0.29) is 17.1 Å². The lowest BCUT2D eigenvalue weighted by molar-refractivity contribution is 0.430. The standard InChI is InChI=1S/C15H9BrF2N2O/c16-9-4-1-3-8(7-9)12-14(21-20-15(12)19)13-10(17)5-2-6-11(13)18/h1-7H,(H2,19,20). The normalized spacial score (nSPS) is 10.8. The molecule has 3 aromatic rings. The summed E-state index contributed by atoms with van der Waals surface area (Å²) in [4.78, 5) is 0. The van der Waals surface area contributed by atoms with Crippen LogP contribution in [0.2, 0.25) is 0 Å². The second-order valence-electron chi connectivity index (χ2n) is 4.38. The zero-order valence-corrected chi connectivity index (χ0v) is 12.2. The van der Waals surface area contributed by atoms with E-state index >= 15 is 0 Å². The van der Waals surface area contributed by atoms with E-state index in [9.17, 15) is 8.78 Å². The summed E-state index contributed by atoms with van der Waals surface area (Å²) >= 11 is 3.34. The van der Waals surface area contributed by atoms with Crippen molar-refractivity contribution >= 4 is 21.7 Å². The fourth-order valence-corrected chi connectivity index (χ4v) is 2.51. The van der Waals surface area contributed by atoms with E-state index in [0.29, 0.717) is 11.1 Å². The maximum atomic E-state index is 13.9. The van der Waals surface area contributed by atoms with Gasteiger partial charge in [0.15, 0.2) is 11.6 Å². The molecule has 2 aromatic carbocycles. The molecule has 0 aliphatic carbocycles. The highest BCUT2D eigenvalue weighted by Crippen LogP contribution is 2.39. The largest absolute Gasteiger partial charge is 0.380 e. The predicted octanol–water partition coefficient (Wildman–Crippen LogP) is 4.63. The van der Waals surface area contributed by atoms with Crippen molar-refractivity contribution < 1.29 is 13.3 Å². The SMILES string of the molecule is Nc1noc(-c2c(F)cccc2F)c1-c1cccc(Br)c1. The highest BCUT2D eigenvalue weighted by molar-refractivity contribution is 9.10. The monoisotopic (exact) mass is 350 g/mol. The van der Waals surface area contributed by atoms with E-state index in [0.717, 1.165) is 16.6 Å². The van der Waals surface area contributed by atoms with E-state index in [1.807, 2.05) is 6.07 Å². The van der Waals surface area contributed by atoms with Crippen molar-refractivity contribution in [3.05, 3.63) is 58.6 Å². The van der Waals surface area contributed by atoms with Crippen molar-refractivity contribution in [2.45, 2.75) is 0 Å². The Bertz CT molecular complexity index is 797. The highest BCUT2D eigenvalue weighted by atomic mass is 79.9. The number of halogens is 3. The molecule has 2 N–H and O–H groups in total. The van der Waals surface area contributed by atoms with Crippen LogP contribution in [0.4, 0.5) is 14.6 Å². The highest BCUT2D eigenvalue weighted by Gasteiger charge is 2.23. The third-order valence-electron chi connectivity index (χ3n) is 3.02. The molecule has 1 aromatic heterocycles. The molecule has 3 rings (SSSR count). The Morgan fingerprint density at radius 2 is 1.67 bits per heavy atom. The minimum Gasteiger partial charge on any atom is -0.380 e. The third-order valence-corrected chi connectivity index (χ3v) is 3.51. The van der Waals surface area contributed by atoms with E-state index in [1.165, 1.54) is 6.07 Å². The van der Waals surface area contributed by atoms with Crippen LogP contribution in [0.3, 0.4) is 0 Å². The van der Waals surface area contributed by atoms with Gasteiger partial charge in [-0.2, -0.15) is 0 Å². The van der Waals surface area contributed by atoms with Gasteiger partial charge in [0.05, 0.1) is 11.1 Å². The molecular weight excluding hydrogens is 342 g/mol. The molecule has 0 radical (unpaired) electrons. The molecule has 0 saturated carbocycles. The fourth-order valence-electron chi connectivity index (χ4n) is 2.11. The molecule has 0 saturated heterocycles. The number of nitrogen functional groups attached to an aromatic ring is 1. The number of rotatable bonds is 2. The van der Waals surface area contributed by atoms with Crippen LogP contribution in [0.25, 0.3) is 22.5 Å². The van der Waals surface area contributed by atoms with Crippen LogP contribution in [0.5, 0.6) is 0 Å². The second kappa shape index (κ2) is 5.29. The molecule has 0 aliphatic rings. The molecular formula is C15H9BrF2N2O. The third kappa shape index (κ3) is 2.42. The first-order valence-corrected chi connectivity index (χ1v) is 6.82. The Kier molecular flexibility index (Phi) is 3.47. The lowest BCUT2D eigenvalue weighted by atomic mass is 10.0. The van der Waals surface area contributed by atoms with Crippen LogP contribution in [-0.4, -0.2) is 5.16 Å². The molecule has 0 spiro atoms. The zero-order chi connectivity index (χ0) is 15.0. The number of aromatic nitrogens is 1. The summed E-state index contributed by atoms with van der Waals surface area (Å²) in [6.45, 7) is 0. The average Bonchev–Trinajstić information content (AvgIpc) is 2.80. The molecule has 3 nitrogen and oxygen atoms in total. The van der Waals surface area contributed by atoms with E-state index in [4.69, 9.17) is 10.3 Å². The van der Waals surface area contributed by atoms with Crippen molar-refractivity contribution in [2.75, 3.05) is 5.73 Å². The fraction of sp³-hybridized carbons (Fsp3) is 0. The van der Waals surface area contributed by atoms with Gasteiger partial charge in [0.1, 0.15) is 11.6 Å². The van der Waals surface area contributed by atoms with Gasteiger partial charge in [-0.05, 0) is 29.8 Å². The number of hydrogen-bond acceptors (Lipinski definition) is 3. The van der Waals surface area contributed by atoms with Gasteiger partial charge in [0.25, 0.3) is 0 Å². The molecule has 0 aliphatic heterocycles. The van der Waals surface area contributed by atoms with Crippen LogP contribution in [0.15, 0.2) is 51.5 Å². The topological polar surface area (TPSA) is 52.0 Å². The van der Waals surface area contributed by atoms with Gasteiger partial charge < -0.3 is 10.3 Å². The summed E-state index contributed by atoms with van der Waals surface area (Å²) in [5.41, 5.74) is 6.53. The maximum absolute atomic E-state index is 13.9. The van der Waals surface area contributed by atoms with Crippen LogP contribution in [0.1, 0.15) is 0 Å². The minimum absolute atomic E-state index is 0.0267. The number of nitrogens with two attached hydrogens (primary N) is 1. The smallest absolute Gasteiger partial charge is 0.182 e. The molecule has 0 fully saturated rings. The van der Waals surface area contributed by atoms with Gasteiger partial charge in [-0.15, -0.1) is 0 Å². The van der Waals surface area contributed by atoms with Crippen molar-refractivity contribution in [1.82, 2.24) is 5.16 Å². The number of anilines is 1. The summed E-state index contributed by atoms with van der Waals surface area (Å²) in [7, 11) is 0. The molecule has 0 atom stereocenters. The molecule has 0 amide bonds. The molecule has 6 heteroatoms. The summed E-state index contributed by atoms with van der Waals surface area (Å²) < 4.78 is 33.8. The van der Waals surface area contributed by atoms with Crippen LogP contribution in [-0.2, 0) is 0 Å². The average molecular weight is 351 g/mol. The van der Waals surface area contributed by atoms with Crippen molar-refractivity contribution in [1.29, 1.82) is 0 Å². The second-order valence-corrected chi connectivity index (χ2v) is 5.29. The Hall–Kier alpha value is -2.21. The van der Waals surface area contributed by atoms with Crippen molar-refractivity contribution in [2.24, 2.45) is 0 Å². The van der Waals surface area contributed by atoms with Crippen LogP contribution >= 0.6 is 15.9 Å². The van der Waals surface area contributed by atoms with E-state index in [2.05, 4.69) is 21.1 Å². The molecule has 0 bridgehead atoms. The predicted molar refractivity (Wildman–Crippen MR) is 79.4 cm³/mol. The van der Waals surface area contributed by atoms with E-state index in [1.54, 1.807) is 18.2 Å². The lowest BCUT2D eigenvalue weighted by Gasteiger charge is -2.05. The number of nitrogens with zero attached hydrogens (tertiary/aromatic N) is 1. The number of benzene rings is 2. The first-order valence-electron chi connectivity index (χ1n) is 6.03. The zero-order valence-electron chi connectivity index (χ0n) is 10.6. The first-order chi connectivity index (χ1) is 10.1. The first kappa shape index (κ1) is 13.8. The van der Waals surface area contributed by atoms with Gasteiger partial charge in [-0.3, -0.25) is 0 Å². The Morgan fingerprint density at radius 3 is 2.33 bits per heavy atom. The Morgan fingerprint density at radius 1 is 1.00 bits per heavy atom. The quantitative estimate of drug-likeness (QED) is 0.732. The summed E-state index contributed by atoms with van der Waals surface area (Å²) in [5, 5.41) is 3.64. The van der Waals surface area contributed by atoms with Gasteiger partial charge in [0.2, 0.25) is 0 Å². The summed E-state index contributed by atoms with van der Waals surface area (Å²) in [6.07, 6.45) is 0. The Labute approximate surface area is 127 Å². The molecule has 106 valence electrons. The molecule has 1 heterocycles. The maximum Gasteiger partial charge on any atom is 0.182 e. The van der Waals surface area contributed by atoms with Gasteiger partial charge in [-0.25, -0.2) is 8.78 Å². The number of hydrogen-bond donors (Lipinski definition) is 1. The van der Waals surface area contributed by atoms with Gasteiger partial charge in [-0.1, -0.05) is 39.3 Å². The summed E-state index contributed by atoms with van der Waals surface area (Å²) in [5.74, 6) is -1.42. The van der Waals surface area contributed by atoms with Gasteiger partial charge in [0, 0.05) is 4.47 Å². The van der Waals surface area contributed by atoms with Gasteiger partial charge >= 0.3 is 0 Å². The van der Waals surface area contributed by atoms with Crippen molar-refractivity contribution in [3.8, 4) is 22.5 Å². The lowest BCUT2D eigenvalue weighted by Crippen LogP contribution is -1.92. The van der Waals surface area contributed by atoms with E-state index < -0.39 is 11.6 Å². The van der Waals surface area contributed by atoms with Crippen LogP contribution < -0.4 is 5.73 Å². The minimum atomic E-state index is -0.734. The van der Waals surface area contributed by atoms with Crippen LogP contribution in [0, 0.1) is 11.6 Å². The van der Waals surface area contributed by atoms with Crippen molar-refractivity contribution in [3.63, 3.8) is 0 Å². The molecule has 0 unspecified atom stereocenters. The Balaban J connectivity index is 2.27. The summed E-state index contributed by atoms with van der Waals surface area (Å²) in [6, 6.07) is 10.7.